The summed E-state index contributed by atoms with van der Waals surface area (Å²) in [5.41, 5.74) is 0.394. The summed E-state index contributed by atoms with van der Waals surface area (Å²) in [6.07, 6.45) is 10.5. The average Bonchev–Trinajstić information content (AvgIpc) is 3.18. The molecule has 1 saturated carbocycles. The molecule has 0 radical (unpaired) electrons. The van der Waals surface area contributed by atoms with E-state index in [1.165, 1.54) is 25.7 Å². The van der Waals surface area contributed by atoms with Crippen LogP contribution in [-0.4, -0.2) is 40.4 Å². The molecule has 0 spiro atoms. The second kappa shape index (κ2) is 12.3. The molecule has 182 valence electrons. The van der Waals surface area contributed by atoms with E-state index in [0.717, 1.165) is 18.0 Å². The number of ether oxygens (including phenoxy) is 2. The molecule has 0 saturated heterocycles. The van der Waals surface area contributed by atoms with Crippen molar-refractivity contribution < 1.29 is 19.1 Å². The Hall–Kier alpha value is -2.05. The van der Waals surface area contributed by atoms with Crippen molar-refractivity contribution in [3.05, 3.63) is 18.2 Å². The van der Waals surface area contributed by atoms with Gasteiger partial charge in [0, 0.05) is 25.2 Å². The number of hydrogen-bond acceptors (Lipinski definition) is 5. The van der Waals surface area contributed by atoms with Gasteiger partial charge in [-0.15, -0.1) is 0 Å². The zero-order valence-electron chi connectivity index (χ0n) is 20.9. The van der Waals surface area contributed by atoms with Crippen molar-refractivity contribution in [1.29, 1.82) is 0 Å². The Kier molecular flexibility index (Phi) is 10.0. The first-order chi connectivity index (χ1) is 15.1. The molecule has 7 heteroatoms. The summed E-state index contributed by atoms with van der Waals surface area (Å²) in [6, 6.07) is 0.509. The van der Waals surface area contributed by atoms with Gasteiger partial charge in [-0.2, -0.15) is 0 Å². The Morgan fingerprint density at radius 2 is 1.91 bits per heavy atom. The third kappa shape index (κ3) is 8.83. The maximum Gasteiger partial charge on any atom is 0.407 e. The first kappa shape index (κ1) is 26.2. The Bertz CT molecular complexity index is 717. The number of nitrogens with one attached hydrogen (secondary N) is 1. The molecular weight excluding hydrogens is 406 g/mol. The van der Waals surface area contributed by atoms with E-state index in [1.54, 1.807) is 0 Å². The number of amides is 1. The molecule has 1 fully saturated rings. The van der Waals surface area contributed by atoms with Crippen LogP contribution in [-0.2, 0) is 20.7 Å². The van der Waals surface area contributed by atoms with E-state index in [-0.39, 0.29) is 17.8 Å². The van der Waals surface area contributed by atoms with Gasteiger partial charge < -0.3 is 19.4 Å². The lowest BCUT2D eigenvalue weighted by Crippen LogP contribution is -2.36. The summed E-state index contributed by atoms with van der Waals surface area (Å²) in [5.74, 6) is 0.487. The summed E-state index contributed by atoms with van der Waals surface area (Å²) in [5, 5.41) is 2.85. The van der Waals surface area contributed by atoms with Crippen molar-refractivity contribution in [2.75, 3.05) is 13.2 Å². The molecule has 1 N–H and O–H groups in total. The Balaban J connectivity index is 1.98. The maximum atomic E-state index is 12.7. The molecule has 32 heavy (non-hydrogen) atoms. The number of alkyl carbamates (subject to hydrolysis) is 1. The van der Waals surface area contributed by atoms with Crippen molar-refractivity contribution >= 4 is 12.1 Å². The van der Waals surface area contributed by atoms with E-state index in [1.807, 2.05) is 34.0 Å². The van der Waals surface area contributed by atoms with Crippen molar-refractivity contribution in [1.82, 2.24) is 14.9 Å². The number of rotatable bonds is 10. The highest BCUT2D eigenvalue weighted by atomic mass is 16.6. The highest BCUT2D eigenvalue weighted by molar-refractivity contribution is 5.72. The molecule has 2 rings (SSSR count). The molecule has 1 heterocycles. The molecule has 7 nitrogen and oxygen atoms in total. The van der Waals surface area contributed by atoms with Crippen LogP contribution in [0.4, 0.5) is 4.79 Å². The summed E-state index contributed by atoms with van der Waals surface area (Å²) in [4.78, 5) is 29.3. The predicted molar refractivity (Wildman–Crippen MR) is 125 cm³/mol. The number of hydrogen-bond donors (Lipinski definition) is 1. The van der Waals surface area contributed by atoms with E-state index in [0.29, 0.717) is 32.0 Å². The van der Waals surface area contributed by atoms with Gasteiger partial charge in [0.1, 0.15) is 5.60 Å². The first-order valence-corrected chi connectivity index (χ1v) is 12.3. The van der Waals surface area contributed by atoms with Gasteiger partial charge in [0.05, 0.1) is 24.5 Å². The zero-order valence-corrected chi connectivity index (χ0v) is 20.9. The lowest BCUT2D eigenvalue weighted by Gasteiger charge is -2.27. The molecule has 1 aliphatic carbocycles. The van der Waals surface area contributed by atoms with Crippen LogP contribution in [0.2, 0.25) is 0 Å². The van der Waals surface area contributed by atoms with E-state index in [4.69, 9.17) is 9.47 Å². The average molecular weight is 450 g/mol. The highest BCUT2D eigenvalue weighted by Gasteiger charge is 2.27. The van der Waals surface area contributed by atoms with Gasteiger partial charge in [-0.05, 0) is 71.6 Å². The summed E-state index contributed by atoms with van der Waals surface area (Å²) < 4.78 is 12.9. The van der Waals surface area contributed by atoms with Gasteiger partial charge in [-0.25, -0.2) is 9.78 Å². The number of aromatic nitrogens is 2. The van der Waals surface area contributed by atoms with E-state index in [2.05, 4.69) is 34.9 Å². The van der Waals surface area contributed by atoms with Crippen LogP contribution in [0.3, 0.4) is 0 Å². The van der Waals surface area contributed by atoms with Gasteiger partial charge in [-0.3, -0.25) is 4.79 Å². The predicted octanol–water partition coefficient (Wildman–Crippen LogP) is 5.30. The smallest absolute Gasteiger partial charge is 0.407 e. The minimum absolute atomic E-state index is 0.152. The Morgan fingerprint density at radius 1 is 1.22 bits per heavy atom. The number of carbonyl (C=O) groups excluding carboxylic acids is 2. The van der Waals surface area contributed by atoms with Gasteiger partial charge >= 0.3 is 12.1 Å². The maximum absolute atomic E-state index is 12.7. The normalized spacial score (nSPS) is 20.9. The Labute approximate surface area is 193 Å². The van der Waals surface area contributed by atoms with Crippen LogP contribution in [0.25, 0.3) is 0 Å². The number of nitrogens with zero attached hydrogens (tertiary/aromatic N) is 2. The fourth-order valence-corrected chi connectivity index (χ4v) is 4.34. The third-order valence-corrected chi connectivity index (χ3v) is 6.27. The molecule has 2 unspecified atom stereocenters. The van der Waals surface area contributed by atoms with Gasteiger partial charge in [0.25, 0.3) is 0 Å². The van der Waals surface area contributed by atoms with Crippen LogP contribution in [0, 0.1) is 17.8 Å². The van der Waals surface area contributed by atoms with Gasteiger partial charge in [0.15, 0.2) is 0 Å². The largest absolute Gasteiger partial charge is 0.466 e. The SMILES string of the molecule is CCOC(=O)C(Cc1cn(C2CCC(C)CC2)cn1)CC(CC)CNC(=O)OC(C)(C)C. The lowest BCUT2D eigenvalue weighted by atomic mass is 9.87. The Morgan fingerprint density at radius 3 is 2.50 bits per heavy atom. The van der Waals surface area contributed by atoms with E-state index in [9.17, 15) is 9.59 Å². The molecule has 1 aromatic heterocycles. The fourth-order valence-electron chi connectivity index (χ4n) is 4.34. The number of carbonyl (C=O) groups is 2. The van der Waals surface area contributed by atoms with Crippen LogP contribution >= 0.6 is 0 Å². The van der Waals surface area contributed by atoms with Crippen LogP contribution in [0.15, 0.2) is 12.5 Å². The number of imidazole rings is 1. The quantitative estimate of drug-likeness (QED) is 0.490. The minimum atomic E-state index is -0.533. The summed E-state index contributed by atoms with van der Waals surface area (Å²) in [7, 11) is 0. The lowest BCUT2D eigenvalue weighted by molar-refractivity contribution is -0.148. The van der Waals surface area contributed by atoms with Gasteiger partial charge in [-0.1, -0.05) is 20.3 Å². The van der Waals surface area contributed by atoms with E-state index >= 15 is 0 Å². The molecule has 2 atom stereocenters. The third-order valence-electron chi connectivity index (χ3n) is 6.27. The molecule has 0 aromatic carbocycles. The summed E-state index contributed by atoms with van der Waals surface area (Å²) >= 11 is 0. The van der Waals surface area contributed by atoms with Crippen LogP contribution < -0.4 is 5.32 Å². The van der Waals surface area contributed by atoms with Gasteiger partial charge in [0.2, 0.25) is 0 Å². The molecule has 0 aliphatic heterocycles. The molecule has 1 amide bonds. The highest BCUT2D eigenvalue weighted by Crippen LogP contribution is 2.32. The van der Waals surface area contributed by atoms with Crippen molar-refractivity contribution in [3.8, 4) is 0 Å². The van der Waals surface area contributed by atoms with Crippen LogP contribution in [0.1, 0.15) is 91.8 Å². The van der Waals surface area contributed by atoms with Crippen molar-refractivity contribution in [2.45, 2.75) is 98.1 Å². The van der Waals surface area contributed by atoms with Crippen LogP contribution in [0.5, 0.6) is 0 Å². The topological polar surface area (TPSA) is 82.5 Å². The monoisotopic (exact) mass is 449 g/mol. The molecular formula is C25H43N3O4. The number of esters is 1. The standard InChI is InChI=1S/C25H43N3O4/c1-7-19(15-26-24(30)32-25(4,5)6)13-20(23(29)31-8-2)14-21-16-28(17-27-21)22-11-9-18(3)10-12-22/h16-20,22H,7-15H2,1-6H3,(H,26,30). The fraction of sp³-hybridized carbons (Fsp3) is 0.800. The van der Waals surface area contributed by atoms with E-state index < -0.39 is 11.7 Å². The minimum Gasteiger partial charge on any atom is -0.466 e. The first-order valence-electron chi connectivity index (χ1n) is 12.3. The van der Waals surface area contributed by atoms with Crippen molar-refractivity contribution in [2.24, 2.45) is 17.8 Å². The molecule has 1 aliphatic rings. The second-order valence-corrected chi connectivity index (χ2v) is 10.3. The second-order valence-electron chi connectivity index (χ2n) is 10.3. The van der Waals surface area contributed by atoms with Crippen molar-refractivity contribution in [3.63, 3.8) is 0 Å². The molecule has 1 aromatic rings. The summed E-state index contributed by atoms with van der Waals surface area (Å²) in [6.45, 7) is 12.6. The zero-order chi connectivity index (χ0) is 23.7. The molecule has 0 bridgehead atoms.